The smallest absolute Gasteiger partial charge is 0.311 e. The summed E-state index contributed by atoms with van der Waals surface area (Å²) in [6, 6.07) is 2.45. The highest BCUT2D eigenvalue weighted by atomic mass is 16.6. The third-order valence-corrected chi connectivity index (χ3v) is 2.94. The number of rotatable bonds is 9. The molecular weight excluding hydrogens is 306 g/mol. The van der Waals surface area contributed by atoms with E-state index < -0.39 is 16.7 Å². The summed E-state index contributed by atoms with van der Waals surface area (Å²) in [5.74, 6) is -0.747. The minimum Gasteiger partial charge on any atom is -0.493 e. The topological polar surface area (TPSA) is 105 Å². The van der Waals surface area contributed by atoms with Gasteiger partial charge in [-0.05, 0) is 13.8 Å². The van der Waals surface area contributed by atoms with E-state index in [0.29, 0.717) is 0 Å². The molecule has 0 aromatic heterocycles. The Morgan fingerprint density at radius 1 is 1.09 bits per heavy atom. The minimum atomic E-state index is -0.627. The molecule has 0 saturated carbocycles. The Labute approximate surface area is 133 Å². The second-order valence-electron chi connectivity index (χ2n) is 4.44. The largest absolute Gasteiger partial charge is 0.493 e. The van der Waals surface area contributed by atoms with Gasteiger partial charge >= 0.3 is 11.7 Å². The lowest BCUT2D eigenvalue weighted by atomic mass is 10.0. The highest BCUT2D eigenvalue weighted by molar-refractivity contribution is 6.01. The zero-order chi connectivity index (χ0) is 17.4. The van der Waals surface area contributed by atoms with Crippen molar-refractivity contribution in [3.05, 3.63) is 27.8 Å². The van der Waals surface area contributed by atoms with Gasteiger partial charge in [-0.15, -0.1) is 0 Å². The van der Waals surface area contributed by atoms with Crippen LogP contribution in [0.3, 0.4) is 0 Å². The zero-order valence-corrected chi connectivity index (χ0v) is 13.3. The van der Waals surface area contributed by atoms with Gasteiger partial charge in [0.1, 0.15) is 5.75 Å². The average Bonchev–Trinajstić information content (AvgIpc) is 2.52. The number of nitro groups is 1. The summed E-state index contributed by atoms with van der Waals surface area (Å²) in [5, 5.41) is 11.2. The first-order valence-corrected chi connectivity index (χ1v) is 7.12. The number of carbonyl (C=O) groups is 2. The van der Waals surface area contributed by atoms with Crippen molar-refractivity contribution in [3.63, 3.8) is 0 Å². The maximum absolute atomic E-state index is 12.3. The van der Waals surface area contributed by atoms with Crippen LogP contribution in [0.15, 0.2) is 12.1 Å². The van der Waals surface area contributed by atoms with Crippen molar-refractivity contribution in [1.29, 1.82) is 0 Å². The third kappa shape index (κ3) is 4.94. The number of nitro benzene ring substituents is 1. The summed E-state index contributed by atoms with van der Waals surface area (Å²) in [7, 11) is 1.22. The molecule has 0 heterocycles. The molecule has 0 unspecified atom stereocenters. The van der Waals surface area contributed by atoms with E-state index in [4.69, 9.17) is 9.47 Å². The number of Topliss-reactive ketones (excluding diaryl/α,β-unsaturated/α-hetero) is 1. The predicted octanol–water partition coefficient (Wildman–Crippen LogP) is 2.53. The standard InChI is InChI=1S/C15H19NO7/c1-4-22-13-9-14(23-5-2)11(16(19)20)8-10(13)12(17)6-7-15(18)21-3/h8-9H,4-7H2,1-3H3. The van der Waals surface area contributed by atoms with Crippen molar-refractivity contribution in [3.8, 4) is 11.5 Å². The van der Waals surface area contributed by atoms with E-state index in [9.17, 15) is 19.7 Å². The number of nitrogens with zero attached hydrogens (tertiary/aromatic N) is 1. The summed E-state index contributed by atoms with van der Waals surface area (Å²) < 4.78 is 15.1. The fourth-order valence-electron chi connectivity index (χ4n) is 1.91. The molecule has 0 aliphatic rings. The van der Waals surface area contributed by atoms with Crippen LogP contribution in [-0.2, 0) is 9.53 Å². The first-order valence-electron chi connectivity index (χ1n) is 7.12. The molecule has 0 amide bonds. The summed E-state index contributed by atoms with van der Waals surface area (Å²) in [4.78, 5) is 33.9. The monoisotopic (exact) mass is 325 g/mol. The Balaban J connectivity index is 3.21. The van der Waals surface area contributed by atoms with Crippen LogP contribution in [-0.4, -0.2) is 37.0 Å². The molecule has 0 bridgehead atoms. The van der Waals surface area contributed by atoms with Crippen molar-refractivity contribution in [2.45, 2.75) is 26.7 Å². The van der Waals surface area contributed by atoms with Gasteiger partial charge in [-0.3, -0.25) is 19.7 Å². The first kappa shape index (κ1) is 18.4. The molecule has 0 spiro atoms. The fraction of sp³-hybridized carbons (Fsp3) is 0.467. The van der Waals surface area contributed by atoms with Crippen LogP contribution in [0.1, 0.15) is 37.0 Å². The summed E-state index contributed by atoms with van der Waals surface area (Å²) in [6.45, 7) is 3.94. The quantitative estimate of drug-likeness (QED) is 0.297. The maximum atomic E-state index is 12.3. The van der Waals surface area contributed by atoms with Crippen molar-refractivity contribution in [2.75, 3.05) is 20.3 Å². The fourth-order valence-corrected chi connectivity index (χ4v) is 1.91. The number of hydrogen-bond acceptors (Lipinski definition) is 7. The first-order chi connectivity index (χ1) is 10.9. The van der Waals surface area contributed by atoms with Crippen molar-refractivity contribution in [1.82, 2.24) is 0 Å². The zero-order valence-electron chi connectivity index (χ0n) is 13.3. The van der Waals surface area contributed by atoms with Gasteiger partial charge in [0.15, 0.2) is 5.78 Å². The Kier molecular flexibility index (Phi) is 6.98. The van der Waals surface area contributed by atoms with Gasteiger partial charge in [-0.1, -0.05) is 0 Å². The number of carbonyl (C=O) groups excluding carboxylic acids is 2. The highest BCUT2D eigenvalue weighted by Crippen LogP contribution is 2.35. The minimum absolute atomic E-state index is 0.0328. The van der Waals surface area contributed by atoms with Crippen LogP contribution in [0.4, 0.5) is 5.69 Å². The molecule has 1 rings (SSSR count). The molecule has 0 fully saturated rings. The van der Waals surface area contributed by atoms with Gasteiger partial charge < -0.3 is 14.2 Å². The van der Waals surface area contributed by atoms with Crippen molar-refractivity contribution >= 4 is 17.4 Å². The second kappa shape index (κ2) is 8.72. The average molecular weight is 325 g/mol. The van der Waals surface area contributed by atoms with E-state index in [-0.39, 0.29) is 48.8 Å². The normalized spacial score (nSPS) is 10.0. The summed E-state index contributed by atoms with van der Waals surface area (Å²) in [6.07, 6.45) is -0.236. The molecule has 0 saturated heterocycles. The van der Waals surface area contributed by atoms with Gasteiger partial charge in [-0.2, -0.15) is 0 Å². The number of hydrogen-bond donors (Lipinski definition) is 0. The van der Waals surface area contributed by atoms with E-state index in [1.54, 1.807) is 13.8 Å². The van der Waals surface area contributed by atoms with Crippen molar-refractivity contribution in [2.24, 2.45) is 0 Å². The number of benzene rings is 1. The molecule has 1 aromatic carbocycles. The molecule has 0 atom stereocenters. The van der Waals surface area contributed by atoms with Crippen molar-refractivity contribution < 1.29 is 28.7 Å². The molecule has 1 aromatic rings. The van der Waals surface area contributed by atoms with Gasteiger partial charge in [0.25, 0.3) is 0 Å². The number of esters is 1. The SMILES string of the molecule is CCOc1cc(OCC)c([N+](=O)[O-])cc1C(=O)CCC(=O)OC. The van der Waals surface area contributed by atoms with Crippen LogP contribution < -0.4 is 9.47 Å². The number of ketones is 1. The highest BCUT2D eigenvalue weighted by Gasteiger charge is 2.24. The maximum Gasteiger partial charge on any atom is 0.311 e. The molecule has 8 heteroatoms. The summed E-state index contributed by atoms with van der Waals surface area (Å²) >= 11 is 0. The Morgan fingerprint density at radius 3 is 2.22 bits per heavy atom. The Morgan fingerprint density at radius 2 is 1.70 bits per heavy atom. The number of methoxy groups -OCH3 is 1. The van der Waals surface area contributed by atoms with Crippen LogP contribution in [0.2, 0.25) is 0 Å². The van der Waals surface area contributed by atoms with Gasteiger partial charge in [0, 0.05) is 18.6 Å². The third-order valence-electron chi connectivity index (χ3n) is 2.94. The molecule has 0 N–H and O–H groups in total. The van der Waals surface area contributed by atoms with Crippen LogP contribution in [0.25, 0.3) is 0 Å². The lowest BCUT2D eigenvalue weighted by molar-refractivity contribution is -0.385. The molecule has 0 radical (unpaired) electrons. The Bertz CT molecular complexity index is 598. The van der Waals surface area contributed by atoms with E-state index in [1.807, 2.05) is 0 Å². The molecule has 8 nitrogen and oxygen atoms in total. The molecule has 23 heavy (non-hydrogen) atoms. The molecule has 0 aliphatic heterocycles. The molecule has 0 aliphatic carbocycles. The number of ether oxygens (including phenoxy) is 3. The molecular formula is C15H19NO7. The van der Waals surface area contributed by atoms with E-state index in [2.05, 4.69) is 4.74 Å². The van der Waals surface area contributed by atoms with E-state index in [0.717, 1.165) is 6.07 Å². The Hall–Kier alpha value is -2.64. The van der Waals surface area contributed by atoms with E-state index >= 15 is 0 Å². The van der Waals surface area contributed by atoms with Gasteiger partial charge in [-0.25, -0.2) is 0 Å². The lowest BCUT2D eigenvalue weighted by Gasteiger charge is -2.12. The second-order valence-corrected chi connectivity index (χ2v) is 4.44. The molecule has 126 valence electrons. The van der Waals surface area contributed by atoms with E-state index in [1.165, 1.54) is 13.2 Å². The summed E-state index contributed by atoms with van der Waals surface area (Å²) in [5.41, 5.74) is -0.275. The van der Waals surface area contributed by atoms with Gasteiger partial charge in [0.2, 0.25) is 5.75 Å². The lowest BCUT2D eigenvalue weighted by Crippen LogP contribution is -2.09. The van der Waals surface area contributed by atoms with Gasteiger partial charge in [0.05, 0.1) is 37.2 Å². The van der Waals surface area contributed by atoms with Crippen LogP contribution in [0.5, 0.6) is 11.5 Å². The van der Waals surface area contributed by atoms with Crippen LogP contribution >= 0.6 is 0 Å². The predicted molar refractivity (Wildman–Crippen MR) is 81.0 cm³/mol. The van der Waals surface area contributed by atoms with Crippen LogP contribution in [0, 0.1) is 10.1 Å².